The first kappa shape index (κ1) is 18.2. The van der Waals surface area contributed by atoms with Crippen molar-refractivity contribution in [3.05, 3.63) is 71.5 Å². The van der Waals surface area contributed by atoms with Crippen molar-refractivity contribution >= 4 is 11.7 Å². The molecule has 0 atom stereocenters. The SMILES string of the molecule is Cc1ccccc1C(=O)N1CCCN(c2cc(-c3ccc(F)cc3)[nH]n2)CC1. The number of H-pyrrole nitrogens is 1. The zero-order valence-corrected chi connectivity index (χ0v) is 15.9. The van der Waals surface area contributed by atoms with Crippen molar-refractivity contribution in [1.29, 1.82) is 0 Å². The van der Waals surface area contributed by atoms with E-state index in [9.17, 15) is 9.18 Å². The van der Waals surface area contributed by atoms with E-state index < -0.39 is 0 Å². The number of hydrogen-bond acceptors (Lipinski definition) is 3. The van der Waals surface area contributed by atoms with Crippen molar-refractivity contribution in [3.8, 4) is 11.3 Å². The van der Waals surface area contributed by atoms with E-state index >= 15 is 0 Å². The van der Waals surface area contributed by atoms with Gasteiger partial charge in [-0.1, -0.05) is 18.2 Å². The zero-order chi connectivity index (χ0) is 19.5. The van der Waals surface area contributed by atoms with Gasteiger partial charge in [0.05, 0.1) is 5.69 Å². The second-order valence-corrected chi connectivity index (χ2v) is 7.09. The molecule has 1 fully saturated rings. The molecule has 28 heavy (non-hydrogen) atoms. The fourth-order valence-corrected chi connectivity index (χ4v) is 3.58. The number of rotatable bonds is 3. The third-order valence-electron chi connectivity index (χ3n) is 5.20. The van der Waals surface area contributed by atoms with Gasteiger partial charge >= 0.3 is 0 Å². The Morgan fingerprint density at radius 1 is 1.04 bits per heavy atom. The van der Waals surface area contributed by atoms with E-state index in [1.54, 1.807) is 12.1 Å². The van der Waals surface area contributed by atoms with E-state index in [2.05, 4.69) is 15.1 Å². The third-order valence-corrected chi connectivity index (χ3v) is 5.20. The Balaban J connectivity index is 1.45. The van der Waals surface area contributed by atoms with Crippen LogP contribution in [0.5, 0.6) is 0 Å². The smallest absolute Gasteiger partial charge is 0.254 e. The minimum Gasteiger partial charge on any atom is -0.353 e. The number of nitrogens with zero attached hydrogens (tertiary/aromatic N) is 3. The lowest BCUT2D eigenvalue weighted by atomic mass is 10.1. The second-order valence-electron chi connectivity index (χ2n) is 7.09. The molecule has 0 saturated carbocycles. The highest BCUT2D eigenvalue weighted by Crippen LogP contribution is 2.23. The van der Waals surface area contributed by atoms with E-state index in [1.165, 1.54) is 12.1 Å². The van der Waals surface area contributed by atoms with E-state index in [0.717, 1.165) is 54.3 Å². The van der Waals surface area contributed by atoms with Gasteiger partial charge in [0.1, 0.15) is 5.82 Å². The Labute approximate surface area is 163 Å². The van der Waals surface area contributed by atoms with Crippen LogP contribution in [0.25, 0.3) is 11.3 Å². The van der Waals surface area contributed by atoms with Gasteiger partial charge in [-0.3, -0.25) is 9.89 Å². The number of halogens is 1. The van der Waals surface area contributed by atoms with Crippen LogP contribution in [0.2, 0.25) is 0 Å². The van der Waals surface area contributed by atoms with Gasteiger partial charge < -0.3 is 9.80 Å². The summed E-state index contributed by atoms with van der Waals surface area (Å²) in [5, 5.41) is 7.46. The number of aryl methyl sites for hydroxylation is 1. The molecule has 2 aromatic carbocycles. The van der Waals surface area contributed by atoms with Crippen molar-refractivity contribution in [2.24, 2.45) is 0 Å². The number of nitrogens with one attached hydrogen (secondary N) is 1. The van der Waals surface area contributed by atoms with Crippen molar-refractivity contribution in [1.82, 2.24) is 15.1 Å². The molecule has 6 heteroatoms. The molecule has 1 amide bonds. The molecule has 0 unspecified atom stereocenters. The molecule has 3 aromatic rings. The first-order valence-electron chi connectivity index (χ1n) is 9.53. The van der Waals surface area contributed by atoms with Crippen LogP contribution < -0.4 is 4.90 Å². The van der Waals surface area contributed by atoms with Gasteiger partial charge in [-0.25, -0.2) is 4.39 Å². The number of aromatic amines is 1. The van der Waals surface area contributed by atoms with Crippen LogP contribution in [0.4, 0.5) is 10.2 Å². The predicted molar refractivity (Wildman–Crippen MR) is 108 cm³/mol. The molecule has 144 valence electrons. The highest BCUT2D eigenvalue weighted by atomic mass is 19.1. The van der Waals surface area contributed by atoms with Crippen LogP contribution in [-0.2, 0) is 0 Å². The largest absolute Gasteiger partial charge is 0.353 e. The highest BCUT2D eigenvalue weighted by molar-refractivity contribution is 5.95. The van der Waals surface area contributed by atoms with Gasteiger partial charge in [0.2, 0.25) is 0 Å². The van der Waals surface area contributed by atoms with E-state index in [0.29, 0.717) is 6.54 Å². The summed E-state index contributed by atoms with van der Waals surface area (Å²) in [7, 11) is 0. The van der Waals surface area contributed by atoms with E-state index in [4.69, 9.17) is 0 Å². The number of amides is 1. The van der Waals surface area contributed by atoms with Gasteiger partial charge in [-0.15, -0.1) is 0 Å². The average molecular weight is 378 g/mol. The number of carbonyl (C=O) groups is 1. The van der Waals surface area contributed by atoms with Gasteiger partial charge in [0.15, 0.2) is 5.82 Å². The fraction of sp³-hybridized carbons (Fsp3) is 0.273. The van der Waals surface area contributed by atoms with E-state index in [1.807, 2.05) is 42.2 Å². The molecule has 0 spiro atoms. The predicted octanol–water partition coefficient (Wildman–Crippen LogP) is 3.88. The summed E-state index contributed by atoms with van der Waals surface area (Å²) in [6, 6.07) is 16.0. The second kappa shape index (κ2) is 7.84. The molecular weight excluding hydrogens is 355 g/mol. The van der Waals surface area contributed by atoms with Gasteiger partial charge in [-0.05, 0) is 54.8 Å². The Morgan fingerprint density at radius 2 is 1.82 bits per heavy atom. The summed E-state index contributed by atoms with van der Waals surface area (Å²) in [6.45, 7) is 4.93. The zero-order valence-electron chi connectivity index (χ0n) is 15.9. The highest BCUT2D eigenvalue weighted by Gasteiger charge is 2.22. The summed E-state index contributed by atoms with van der Waals surface area (Å²) in [5.74, 6) is 0.688. The lowest BCUT2D eigenvalue weighted by Gasteiger charge is -2.22. The summed E-state index contributed by atoms with van der Waals surface area (Å²) >= 11 is 0. The molecule has 1 saturated heterocycles. The maximum Gasteiger partial charge on any atom is 0.254 e. The monoisotopic (exact) mass is 378 g/mol. The fourth-order valence-electron chi connectivity index (χ4n) is 3.58. The van der Waals surface area contributed by atoms with E-state index in [-0.39, 0.29) is 11.7 Å². The van der Waals surface area contributed by atoms with Crippen LogP contribution in [0.15, 0.2) is 54.6 Å². The van der Waals surface area contributed by atoms with Crippen molar-refractivity contribution in [2.75, 3.05) is 31.1 Å². The Hall–Kier alpha value is -3.15. The molecule has 5 nitrogen and oxygen atoms in total. The first-order valence-corrected chi connectivity index (χ1v) is 9.53. The summed E-state index contributed by atoms with van der Waals surface area (Å²) < 4.78 is 13.1. The molecule has 1 aromatic heterocycles. The Bertz CT molecular complexity index is 967. The third kappa shape index (κ3) is 3.76. The molecule has 2 heterocycles. The topological polar surface area (TPSA) is 52.2 Å². The Morgan fingerprint density at radius 3 is 2.61 bits per heavy atom. The molecule has 4 rings (SSSR count). The summed E-state index contributed by atoms with van der Waals surface area (Å²) in [5.41, 5.74) is 3.53. The van der Waals surface area contributed by atoms with Crippen molar-refractivity contribution in [3.63, 3.8) is 0 Å². The molecule has 0 aliphatic carbocycles. The van der Waals surface area contributed by atoms with Gasteiger partial charge in [0.25, 0.3) is 5.91 Å². The maximum atomic E-state index is 13.1. The van der Waals surface area contributed by atoms with Crippen molar-refractivity contribution in [2.45, 2.75) is 13.3 Å². The van der Waals surface area contributed by atoms with Gasteiger partial charge in [0, 0.05) is 37.8 Å². The van der Waals surface area contributed by atoms with Crippen LogP contribution in [0, 0.1) is 12.7 Å². The summed E-state index contributed by atoms with van der Waals surface area (Å²) in [6.07, 6.45) is 0.885. The molecular formula is C22H23FN4O. The minimum absolute atomic E-state index is 0.0916. The first-order chi connectivity index (χ1) is 13.6. The van der Waals surface area contributed by atoms with Crippen LogP contribution in [-0.4, -0.2) is 47.2 Å². The number of carbonyl (C=O) groups excluding carboxylic acids is 1. The quantitative estimate of drug-likeness (QED) is 0.753. The summed E-state index contributed by atoms with van der Waals surface area (Å²) in [4.78, 5) is 17.0. The molecule has 1 aliphatic rings. The molecule has 1 aliphatic heterocycles. The number of hydrogen-bond donors (Lipinski definition) is 1. The minimum atomic E-state index is -0.255. The maximum absolute atomic E-state index is 13.1. The van der Waals surface area contributed by atoms with Gasteiger partial charge in [-0.2, -0.15) is 5.10 Å². The van der Waals surface area contributed by atoms with Crippen LogP contribution >= 0.6 is 0 Å². The Kier molecular flexibility index (Phi) is 5.10. The number of aromatic nitrogens is 2. The number of anilines is 1. The molecule has 0 bridgehead atoms. The van der Waals surface area contributed by atoms with Crippen LogP contribution in [0.3, 0.4) is 0 Å². The lowest BCUT2D eigenvalue weighted by Crippen LogP contribution is -2.35. The lowest BCUT2D eigenvalue weighted by molar-refractivity contribution is 0.0766. The number of benzene rings is 2. The van der Waals surface area contributed by atoms with Crippen molar-refractivity contribution < 1.29 is 9.18 Å². The normalized spacial score (nSPS) is 14.8. The van der Waals surface area contributed by atoms with Crippen LogP contribution in [0.1, 0.15) is 22.3 Å². The molecule has 1 N–H and O–H groups in total. The standard InChI is InChI=1S/C22H23FN4O/c1-16-5-2-3-6-19(16)22(28)27-12-4-11-26(13-14-27)21-15-20(24-25-21)17-7-9-18(23)10-8-17/h2-3,5-10,15H,4,11-14H2,1H3,(H,24,25). The average Bonchev–Trinajstić information content (AvgIpc) is 3.06. The molecule has 0 radical (unpaired) electrons.